The van der Waals surface area contributed by atoms with Crippen molar-refractivity contribution in [2.45, 2.75) is 33.2 Å². The molecule has 0 aliphatic carbocycles. The molecule has 136 valence electrons. The van der Waals surface area contributed by atoms with Gasteiger partial charge >= 0.3 is 0 Å². The van der Waals surface area contributed by atoms with Gasteiger partial charge in [-0.3, -0.25) is 0 Å². The van der Waals surface area contributed by atoms with Crippen molar-refractivity contribution in [1.82, 2.24) is 25.4 Å². The molecule has 0 spiro atoms. The van der Waals surface area contributed by atoms with Gasteiger partial charge in [-0.2, -0.15) is 0 Å². The van der Waals surface area contributed by atoms with Gasteiger partial charge in [-0.05, 0) is 44.4 Å². The Bertz CT molecular complexity index is 728. The van der Waals surface area contributed by atoms with Gasteiger partial charge in [-0.1, -0.05) is 22.0 Å². The lowest BCUT2D eigenvalue weighted by atomic mass is 10.1. The first-order valence-electron chi connectivity index (χ1n) is 8.32. The third-order valence-corrected chi connectivity index (χ3v) is 4.33. The molecule has 2 N–H and O–H groups in total. The summed E-state index contributed by atoms with van der Waals surface area (Å²) < 4.78 is 16.5. The molecule has 0 bridgehead atoms. The molecular weight excluding hydrogens is 387 g/mol. The number of aromatic nitrogens is 3. The maximum atomic E-state index is 13.8. The first-order chi connectivity index (χ1) is 12.0. The summed E-state index contributed by atoms with van der Waals surface area (Å²) in [6, 6.07) is 5.17. The maximum absolute atomic E-state index is 13.8. The van der Waals surface area contributed by atoms with Crippen molar-refractivity contribution in [3.05, 3.63) is 45.7 Å². The number of aliphatic imine (C=N–C) groups is 1. The van der Waals surface area contributed by atoms with Crippen molar-refractivity contribution >= 4 is 21.9 Å². The van der Waals surface area contributed by atoms with E-state index in [1.54, 1.807) is 0 Å². The largest absolute Gasteiger partial charge is 0.357 e. The molecule has 0 aliphatic heterocycles. The van der Waals surface area contributed by atoms with Crippen molar-refractivity contribution in [3.8, 4) is 0 Å². The van der Waals surface area contributed by atoms with Crippen LogP contribution in [0.25, 0.3) is 0 Å². The topological polar surface area (TPSA) is 67.1 Å². The van der Waals surface area contributed by atoms with Crippen LogP contribution in [0.1, 0.15) is 30.6 Å². The van der Waals surface area contributed by atoms with Gasteiger partial charge in [0.25, 0.3) is 0 Å². The molecule has 0 amide bonds. The van der Waals surface area contributed by atoms with Crippen LogP contribution in [0.3, 0.4) is 0 Å². The highest BCUT2D eigenvalue weighted by molar-refractivity contribution is 9.10. The van der Waals surface area contributed by atoms with Crippen molar-refractivity contribution in [3.63, 3.8) is 0 Å². The predicted octanol–water partition coefficient (Wildman–Crippen LogP) is 2.71. The quantitative estimate of drug-likeness (QED) is 0.418. The monoisotopic (exact) mass is 410 g/mol. The summed E-state index contributed by atoms with van der Waals surface area (Å²) in [7, 11) is 1.92. The molecule has 0 saturated carbocycles. The van der Waals surface area contributed by atoms with Gasteiger partial charge in [0.1, 0.15) is 18.2 Å². The van der Waals surface area contributed by atoms with Crippen LogP contribution >= 0.6 is 15.9 Å². The average Bonchev–Trinajstić information content (AvgIpc) is 2.90. The molecule has 1 aromatic heterocycles. The zero-order chi connectivity index (χ0) is 18.2. The van der Waals surface area contributed by atoms with E-state index in [1.165, 1.54) is 6.07 Å². The number of benzene rings is 1. The van der Waals surface area contributed by atoms with Gasteiger partial charge in [-0.15, -0.1) is 10.2 Å². The van der Waals surface area contributed by atoms with Crippen LogP contribution in [-0.2, 0) is 20.0 Å². The summed E-state index contributed by atoms with van der Waals surface area (Å²) in [4.78, 5) is 4.52. The predicted molar refractivity (Wildman–Crippen MR) is 101 cm³/mol. The first kappa shape index (κ1) is 19.4. The molecule has 25 heavy (non-hydrogen) atoms. The van der Waals surface area contributed by atoms with Crippen molar-refractivity contribution in [2.75, 3.05) is 13.1 Å². The molecule has 0 radical (unpaired) electrons. The smallest absolute Gasteiger partial charge is 0.191 e. The lowest BCUT2D eigenvalue weighted by molar-refractivity contribution is 0.601. The third-order valence-electron chi connectivity index (χ3n) is 3.84. The molecule has 0 atom stereocenters. The van der Waals surface area contributed by atoms with Gasteiger partial charge in [0, 0.05) is 24.6 Å². The summed E-state index contributed by atoms with van der Waals surface area (Å²) in [5.41, 5.74) is 0.724. The Morgan fingerprint density at radius 1 is 1.32 bits per heavy atom. The van der Waals surface area contributed by atoms with Gasteiger partial charge in [-0.25, -0.2) is 9.38 Å². The highest BCUT2D eigenvalue weighted by atomic mass is 79.9. The van der Waals surface area contributed by atoms with Gasteiger partial charge < -0.3 is 15.2 Å². The summed E-state index contributed by atoms with van der Waals surface area (Å²) in [6.07, 6.45) is 1.49. The number of halogens is 2. The highest BCUT2D eigenvalue weighted by Gasteiger charge is 2.05. The number of guanidine groups is 1. The van der Waals surface area contributed by atoms with E-state index < -0.39 is 0 Å². The van der Waals surface area contributed by atoms with Gasteiger partial charge in [0.15, 0.2) is 11.8 Å². The molecule has 8 heteroatoms. The summed E-state index contributed by atoms with van der Waals surface area (Å²) in [6.45, 7) is 5.85. The molecule has 0 unspecified atom stereocenters. The Hall–Kier alpha value is -1.96. The zero-order valence-corrected chi connectivity index (χ0v) is 16.4. The highest BCUT2D eigenvalue weighted by Crippen LogP contribution is 2.16. The van der Waals surface area contributed by atoms with Crippen LogP contribution in [0.5, 0.6) is 0 Å². The fraction of sp³-hybridized carbons (Fsp3) is 0.471. The molecule has 2 rings (SSSR count). The Balaban J connectivity index is 1.84. The van der Waals surface area contributed by atoms with Crippen molar-refractivity contribution < 1.29 is 4.39 Å². The van der Waals surface area contributed by atoms with Crippen LogP contribution < -0.4 is 10.6 Å². The SMILES string of the molecule is CCNC(=NCc1nnc(C)n1C)NCCCc1ccc(Br)cc1F. The van der Waals surface area contributed by atoms with Crippen LogP contribution in [0.4, 0.5) is 4.39 Å². The van der Waals surface area contributed by atoms with E-state index in [2.05, 4.69) is 41.8 Å². The van der Waals surface area contributed by atoms with E-state index in [4.69, 9.17) is 0 Å². The molecule has 2 aromatic rings. The molecular formula is C17H24BrFN6. The van der Waals surface area contributed by atoms with Gasteiger partial charge in [0.05, 0.1) is 0 Å². The second kappa shape index (κ2) is 9.50. The molecule has 0 saturated heterocycles. The lowest BCUT2D eigenvalue weighted by Gasteiger charge is -2.11. The zero-order valence-electron chi connectivity index (χ0n) is 14.8. The molecule has 1 aromatic carbocycles. The number of hydrogen-bond donors (Lipinski definition) is 2. The summed E-state index contributed by atoms with van der Waals surface area (Å²) in [5, 5.41) is 14.6. The molecule has 1 heterocycles. The van der Waals surface area contributed by atoms with Crippen molar-refractivity contribution in [2.24, 2.45) is 12.0 Å². The first-order valence-corrected chi connectivity index (χ1v) is 9.11. The Kier molecular flexibility index (Phi) is 7.36. The molecule has 0 fully saturated rings. The van der Waals surface area contributed by atoms with Crippen LogP contribution in [0, 0.1) is 12.7 Å². The number of rotatable bonds is 7. The summed E-state index contributed by atoms with van der Waals surface area (Å²) in [5.74, 6) is 2.22. The second-order valence-electron chi connectivity index (χ2n) is 5.68. The third kappa shape index (κ3) is 5.81. The fourth-order valence-corrected chi connectivity index (χ4v) is 2.62. The Morgan fingerprint density at radius 2 is 2.12 bits per heavy atom. The number of nitrogens with zero attached hydrogens (tertiary/aromatic N) is 4. The number of nitrogens with one attached hydrogen (secondary N) is 2. The minimum absolute atomic E-state index is 0.174. The summed E-state index contributed by atoms with van der Waals surface area (Å²) >= 11 is 3.27. The second-order valence-corrected chi connectivity index (χ2v) is 6.60. The minimum Gasteiger partial charge on any atom is -0.357 e. The van der Waals surface area contributed by atoms with E-state index in [9.17, 15) is 4.39 Å². The Labute approximate surface area is 156 Å². The van der Waals surface area contributed by atoms with Gasteiger partial charge in [0.2, 0.25) is 0 Å². The number of aryl methyl sites for hydroxylation is 2. The normalized spacial score (nSPS) is 11.6. The van der Waals surface area contributed by atoms with E-state index >= 15 is 0 Å². The van der Waals surface area contributed by atoms with E-state index in [0.717, 1.165) is 40.6 Å². The van der Waals surface area contributed by atoms with E-state index in [0.29, 0.717) is 19.5 Å². The molecule has 6 nitrogen and oxygen atoms in total. The van der Waals surface area contributed by atoms with Crippen molar-refractivity contribution in [1.29, 1.82) is 0 Å². The van der Waals surface area contributed by atoms with E-state index in [-0.39, 0.29) is 5.82 Å². The minimum atomic E-state index is -0.174. The fourth-order valence-electron chi connectivity index (χ4n) is 2.29. The number of hydrogen-bond acceptors (Lipinski definition) is 3. The van der Waals surface area contributed by atoms with Crippen LogP contribution in [0.15, 0.2) is 27.7 Å². The average molecular weight is 411 g/mol. The van der Waals surface area contributed by atoms with Crippen LogP contribution in [-0.4, -0.2) is 33.8 Å². The molecule has 0 aliphatic rings. The van der Waals surface area contributed by atoms with E-state index in [1.807, 2.05) is 37.6 Å². The van der Waals surface area contributed by atoms with Crippen LogP contribution in [0.2, 0.25) is 0 Å². The lowest BCUT2D eigenvalue weighted by Crippen LogP contribution is -2.38. The Morgan fingerprint density at radius 3 is 2.76 bits per heavy atom. The standard InChI is InChI=1S/C17H24BrFN6/c1-4-20-17(22-11-16-24-23-12(2)25(16)3)21-9-5-6-13-7-8-14(18)10-15(13)19/h7-8,10H,4-6,9,11H2,1-3H3,(H2,20,21,22). The maximum Gasteiger partial charge on any atom is 0.191 e.